The number of aromatic nitrogens is 1. The molecule has 1 amide bonds. The number of carbonyl (C=O) groups excluding carboxylic acids is 1. The molecule has 0 fully saturated rings. The number of nitrogens with one attached hydrogen (secondary N) is 1. The number of methoxy groups -OCH3 is 1. The number of pyridine rings is 1. The quantitative estimate of drug-likeness (QED) is 0.873. The van der Waals surface area contributed by atoms with E-state index in [9.17, 15) is 4.79 Å². The number of hydrogen-bond donors (Lipinski definition) is 1. The molecular formula is C14H12Cl2N2O2. The summed E-state index contributed by atoms with van der Waals surface area (Å²) in [5.41, 5.74) is 1.92. The highest BCUT2D eigenvalue weighted by atomic mass is 35.5. The summed E-state index contributed by atoms with van der Waals surface area (Å²) in [6, 6.07) is 8.27. The fourth-order valence-electron chi connectivity index (χ4n) is 1.63. The molecule has 0 aliphatic carbocycles. The van der Waals surface area contributed by atoms with Crippen LogP contribution in [0.2, 0.25) is 10.2 Å². The molecule has 2 aromatic rings. The molecule has 1 heterocycles. The lowest BCUT2D eigenvalue weighted by Gasteiger charge is -2.09. The molecule has 0 aliphatic rings. The Morgan fingerprint density at radius 2 is 2.00 bits per heavy atom. The molecule has 0 saturated heterocycles. The van der Waals surface area contributed by atoms with Gasteiger partial charge in [-0.15, -0.1) is 0 Å². The Bertz CT molecular complexity index is 660. The van der Waals surface area contributed by atoms with Crippen LogP contribution in [0.4, 0.5) is 5.69 Å². The topological polar surface area (TPSA) is 51.2 Å². The van der Waals surface area contributed by atoms with E-state index in [4.69, 9.17) is 27.9 Å². The normalized spacial score (nSPS) is 10.2. The van der Waals surface area contributed by atoms with Crippen LogP contribution in [0.1, 0.15) is 15.9 Å². The zero-order valence-electron chi connectivity index (χ0n) is 10.9. The maximum atomic E-state index is 12.2. The molecule has 0 atom stereocenters. The zero-order valence-corrected chi connectivity index (χ0v) is 12.4. The molecule has 2 rings (SSSR count). The second kappa shape index (κ2) is 6.11. The smallest absolute Gasteiger partial charge is 0.255 e. The van der Waals surface area contributed by atoms with Gasteiger partial charge in [-0.2, -0.15) is 0 Å². The molecule has 104 valence electrons. The molecule has 1 aromatic heterocycles. The Kier molecular flexibility index (Phi) is 4.47. The van der Waals surface area contributed by atoms with E-state index in [0.717, 1.165) is 5.56 Å². The summed E-state index contributed by atoms with van der Waals surface area (Å²) in [5, 5.41) is 3.52. The van der Waals surface area contributed by atoms with Crippen molar-refractivity contribution >= 4 is 34.8 Å². The van der Waals surface area contributed by atoms with Gasteiger partial charge >= 0.3 is 0 Å². The first-order valence-electron chi connectivity index (χ1n) is 5.78. The third-order valence-electron chi connectivity index (χ3n) is 2.69. The van der Waals surface area contributed by atoms with E-state index in [2.05, 4.69) is 10.3 Å². The number of benzene rings is 1. The van der Waals surface area contributed by atoms with Crippen LogP contribution < -0.4 is 10.1 Å². The average molecular weight is 311 g/mol. The van der Waals surface area contributed by atoms with Crippen LogP contribution in [-0.4, -0.2) is 18.0 Å². The van der Waals surface area contributed by atoms with Crippen LogP contribution in [0.3, 0.4) is 0 Å². The van der Waals surface area contributed by atoms with Crippen LogP contribution >= 0.6 is 23.2 Å². The lowest BCUT2D eigenvalue weighted by Crippen LogP contribution is -2.13. The van der Waals surface area contributed by atoms with Gasteiger partial charge in [0.1, 0.15) is 5.15 Å². The minimum atomic E-state index is -0.307. The third kappa shape index (κ3) is 3.40. The molecule has 0 unspecified atom stereocenters. The SMILES string of the molecule is COc1cc(C(=O)Nc2cc(Cl)ccc2C)cc(Cl)n1. The van der Waals surface area contributed by atoms with Crippen molar-refractivity contribution in [2.45, 2.75) is 6.92 Å². The average Bonchev–Trinajstić information content (AvgIpc) is 2.42. The van der Waals surface area contributed by atoms with Gasteiger partial charge in [0.15, 0.2) is 0 Å². The summed E-state index contributed by atoms with van der Waals surface area (Å²) in [6.07, 6.45) is 0. The fourth-order valence-corrected chi connectivity index (χ4v) is 2.00. The minimum Gasteiger partial charge on any atom is -0.481 e. The number of aryl methyl sites for hydroxylation is 1. The predicted molar refractivity (Wildman–Crippen MR) is 79.9 cm³/mol. The van der Waals surface area contributed by atoms with Crippen molar-refractivity contribution in [2.24, 2.45) is 0 Å². The van der Waals surface area contributed by atoms with Gasteiger partial charge in [0.25, 0.3) is 5.91 Å². The Hall–Kier alpha value is -1.78. The number of carbonyl (C=O) groups is 1. The van der Waals surface area contributed by atoms with E-state index >= 15 is 0 Å². The van der Waals surface area contributed by atoms with Crippen LogP contribution in [0, 0.1) is 6.92 Å². The largest absolute Gasteiger partial charge is 0.481 e. The van der Waals surface area contributed by atoms with E-state index in [1.807, 2.05) is 13.0 Å². The van der Waals surface area contributed by atoms with Crippen molar-refractivity contribution in [1.29, 1.82) is 0 Å². The number of amides is 1. The van der Waals surface area contributed by atoms with E-state index in [-0.39, 0.29) is 16.9 Å². The zero-order chi connectivity index (χ0) is 14.7. The molecular weight excluding hydrogens is 299 g/mol. The fraction of sp³-hybridized carbons (Fsp3) is 0.143. The number of nitrogens with zero attached hydrogens (tertiary/aromatic N) is 1. The van der Waals surface area contributed by atoms with Crippen molar-refractivity contribution in [3.8, 4) is 5.88 Å². The van der Waals surface area contributed by atoms with Gasteiger partial charge in [-0.3, -0.25) is 4.79 Å². The van der Waals surface area contributed by atoms with E-state index in [0.29, 0.717) is 16.3 Å². The number of anilines is 1. The molecule has 1 aromatic carbocycles. The second-order valence-electron chi connectivity index (χ2n) is 4.13. The molecule has 20 heavy (non-hydrogen) atoms. The summed E-state index contributed by atoms with van der Waals surface area (Å²) in [6.45, 7) is 1.88. The van der Waals surface area contributed by atoms with Crippen LogP contribution in [0.15, 0.2) is 30.3 Å². The third-order valence-corrected chi connectivity index (χ3v) is 3.12. The number of halogens is 2. The lowest BCUT2D eigenvalue weighted by atomic mass is 10.2. The monoisotopic (exact) mass is 310 g/mol. The van der Waals surface area contributed by atoms with E-state index in [1.165, 1.54) is 19.2 Å². The van der Waals surface area contributed by atoms with Crippen molar-refractivity contribution in [1.82, 2.24) is 4.98 Å². The van der Waals surface area contributed by atoms with Crippen LogP contribution in [0.25, 0.3) is 0 Å². The van der Waals surface area contributed by atoms with Gasteiger partial charge in [0.05, 0.1) is 7.11 Å². The molecule has 6 heteroatoms. The van der Waals surface area contributed by atoms with Gasteiger partial charge in [-0.1, -0.05) is 29.3 Å². The van der Waals surface area contributed by atoms with Crippen molar-refractivity contribution in [2.75, 3.05) is 12.4 Å². The Morgan fingerprint density at radius 3 is 2.70 bits per heavy atom. The Balaban J connectivity index is 2.28. The van der Waals surface area contributed by atoms with E-state index in [1.54, 1.807) is 12.1 Å². The number of ether oxygens (including phenoxy) is 1. The number of rotatable bonds is 3. The summed E-state index contributed by atoms with van der Waals surface area (Å²) < 4.78 is 4.98. The molecule has 0 radical (unpaired) electrons. The van der Waals surface area contributed by atoms with Gasteiger partial charge in [0.2, 0.25) is 5.88 Å². The summed E-state index contributed by atoms with van der Waals surface area (Å²) >= 11 is 11.8. The maximum Gasteiger partial charge on any atom is 0.255 e. The minimum absolute atomic E-state index is 0.192. The number of hydrogen-bond acceptors (Lipinski definition) is 3. The Morgan fingerprint density at radius 1 is 1.25 bits per heavy atom. The lowest BCUT2D eigenvalue weighted by molar-refractivity contribution is 0.102. The first kappa shape index (κ1) is 14.6. The highest BCUT2D eigenvalue weighted by Crippen LogP contribution is 2.22. The van der Waals surface area contributed by atoms with Crippen LogP contribution in [-0.2, 0) is 0 Å². The summed E-state index contributed by atoms with van der Waals surface area (Å²) in [7, 11) is 1.46. The highest BCUT2D eigenvalue weighted by molar-refractivity contribution is 6.31. The second-order valence-corrected chi connectivity index (χ2v) is 4.96. The molecule has 0 aliphatic heterocycles. The predicted octanol–water partition coefficient (Wildman–Crippen LogP) is 3.96. The molecule has 0 saturated carbocycles. The van der Waals surface area contributed by atoms with Crippen molar-refractivity contribution < 1.29 is 9.53 Å². The van der Waals surface area contributed by atoms with Crippen molar-refractivity contribution in [3.63, 3.8) is 0 Å². The van der Waals surface area contributed by atoms with Gasteiger partial charge in [0, 0.05) is 22.3 Å². The van der Waals surface area contributed by atoms with Crippen molar-refractivity contribution in [3.05, 3.63) is 51.6 Å². The molecule has 4 nitrogen and oxygen atoms in total. The standard InChI is InChI=1S/C14H12Cl2N2O2/c1-8-3-4-10(15)7-11(8)17-14(19)9-5-12(16)18-13(6-9)20-2/h3-7H,1-2H3,(H,17,19). The van der Waals surface area contributed by atoms with E-state index < -0.39 is 0 Å². The molecule has 1 N–H and O–H groups in total. The van der Waals surface area contributed by atoms with Gasteiger partial charge in [-0.05, 0) is 30.7 Å². The van der Waals surface area contributed by atoms with Crippen LogP contribution in [0.5, 0.6) is 5.88 Å². The van der Waals surface area contributed by atoms with Gasteiger partial charge < -0.3 is 10.1 Å². The highest BCUT2D eigenvalue weighted by Gasteiger charge is 2.11. The Labute approximate surface area is 126 Å². The first-order valence-corrected chi connectivity index (χ1v) is 6.54. The molecule has 0 bridgehead atoms. The first-order chi connectivity index (χ1) is 9.49. The summed E-state index contributed by atoms with van der Waals surface area (Å²) in [4.78, 5) is 16.1. The summed E-state index contributed by atoms with van der Waals surface area (Å²) in [5.74, 6) is -0.0246. The molecule has 0 spiro atoms. The van der Waals surface area contributed by atoms with Gasteiger partial charge in [-0.25, -0.2) is 4.98 Å². The maximum absolute atomic E-state index is 12.2.